The minimum atomic E-state index is 0.619. The fraction of sp³-hybridized carbons (Fsp3) is 0.429. The molecule has 0 aromatic carbocycles. The zero-order chi connectivity index (χ0) is 10.7. The van der Waals surface area contributed by atoms with Crippen molar-refractivity contribution in [1.29, 1.82) is 0 Å². The van der Waals surface area contributed by atoms with Crippen LogP contribution in [0.2, 0.25) is 0 Å². The summed E-state index contributed by atoms with van der Waals surface area (Å²) in [6.45, 7) is 4.61. The molecule has 2 aliphatic rings. The Labute approximate surface area is 96.8 Å². The first-order chi connectivity index (χ1) is 7.27. The van der Waals surface area contributed by atoms with Crippen LogP contribution in [0.5, 0.6) is 0 Å². The number of hydrogen-bond acceptors (Lipinski definition) is 1. The second-order valence-corrected chi connectivity index (χ2v) is 5.79. The van der Waals surface area contributed by atoms with Gasteiger partial charge in [-0.3, -0.25) is 0 Å². The summed E-state index contributed by atoms with van der Waals surface area (Å²) >= 11 is 2.05. The van der Waals surface area contributed by atoms with Crippen LogP contribution < -0.4 is 0 Å². The first kappa shape index (κ1) is 10.8. The van der Waals surface area contributed by atoms with Gasteiger partial charge in [0.1, 0.15) is 0 Å². The average molecular weight is 218 g/mol. The molecule has 0 bridgehead atoms. The van der Waals surface area contributed by atoms with Crippen molar-refractivity contribution < 1.29 is 0 Å². The van der Waals surface area contributed by atoms with Gasteiger partial charge in [-0.1, -0.05) is 36.5 Å². The van der Waals surface area contributed by atoms with Gasteiger partial charge >= 0.3 is 0 Å². The number of thioether (sulfide) groups is 1. The van der Waals surface area contributed by atoms with E-state index < -0.39 is 0 Å². The van der Waals surface area contributed by atoms with Gasteiger partial charge in [0, 0.05) is 10.5 Å². The van der Waals surface area contributed by atoms with Crippen molar-refractivity contribution in [2.45, 2.75) is 37.2 Å². The van der Waals surface area contributed by atoms with Gasteiger partial charge in [0.25, 0.3) is 0 Å². The van der Waals surface area contributed by atoms with E-state index in [0.29, 0.717) is 10.5 Å². The summed E-state index contributed by atoms with van der Waals surface area (Å²) < 4.78 is 0. The second kappa shape index (κ2) is 4.89. The van der Waals surface area contributed by atoms with Crippen LogP contribution in [0.3, 0.4) is 0 Å². The molecule has 1 heteroatoms. The molecule has 0 saturated heterocycles. The van der Waals surface area contributed by atoms with Gasteiger partial charge < -0.3 is 0 Å². The number of allylic oxidation sites excluding steroid dienone is 6. The van der Waals surface area contributed by atoms with Gasteiger partial charge in [0.05, 0.1) is 0 Å². The highest BCUT2D eigenvalue weighted by molar-refractivity contribution is 8.00. The fourth-order valence-corrected chi connectivity index (χ4v) is 3.30. The van der Waals surface area contributed by atoms with E-state index in [9.17, 15) is 0 Å². The van der Waals surface area contributed by atoms with Crippen LogP contribution in [0.15, 0.2) is 47.6 Å². The zero-order valence-electron chi connectivity index (χ0n) is 9.44. The normalized spacial score (nSPS) is 22.8. The zero-order valence-corrected chi connectivity index (χ0v) is 10.3. The molecule has 0 N–H and O–H groups in total. The molecule has 2 unspecified atom stereocenters. The predicted molar refractivity (Wildman–Crippen MR) is 70.2 cm³/mol. The summed E-state index contributed by atoms with van der Waals surface area (Å²) in [5, 5.41) is 1.24. The van der Waals surface area contributed by atoms with Crippen molar-refractivity contribution in [1.82, 2.24) is 0 Å². The summed E-state index contributed by atoms with van der Waals surface area (Å²) in [7, 11) is 0. The first-order valence-electron chi connectivity index (χ1n) is 5.66. The maximum absolute atomic E-state index is 2.34. The highest BCUT2D eigenvalue weighted by Crippen LogP contribution is 2.32. The largest absolute Gasteiger partial charge is 0.146 e. The molecule has 0 aliphatic heterocycles. The third-order valence-corrected chi connectivity index (χ3v) is 4.31. The third kappa shape index (κ3) is 2.66. The molecule has 2 atom stereocenters. The lowest BCUT2D eigenvalue weighted by molar-refractivity contribution is 1.11. The molecule has 15 heavy (non-hydrogen) atoms. The summed E-state index contributed by atoms with van der Waals surface area (Å²) in [5.41, 5.74) is 2.99. The Morgan fingerprint density at radius 1 is 0.933 bits per heavy atom. The van der Waals surface area contributed by atoms with E-state index in [4.69, 9.17) is 0 Å². The van der Waals surface area contributed by atoms with Gasteiger partial charge in [-0.25, -0.2) is 0 Å². The lowest BCUT2D eigenvalue weighted by Crippen LogP contribution is -2.07. The Balaban J connectivity index is 1.91. The minimum absolute atomic E-state index is 0.619. The molecular weight excluding hydrogens is 200 g/mol. The molecule has 2 aliphatic carbocycles. The van der Waals surface area contributed by atoms with Crippen LogP contribution in [0.25, 0.3) is 0 Å². The van der Waals surface area contributed by atoms with Crippen molar-refractivity contribution in [3.63, 3.8) is 0 Å². The maximum atomic E-state index is 2.34. The smallest absolute Gasteiger partial charge is 0.0271 e. The van der Waals surface area contributed by atoms with E-state index in [0.717, 1.165) is 12.8 Å². The molecule has 0 heterocycles. The molecule has 0 radical (unpaired) electrons. The molecule has 80 valence electrons. The van der Waals surface area contributed by atoms with Gasteiger partial charge in [-0.15, -0.1) is 11.8 Å². The Bertz CT molecular complexity index is 310. The molecule has 0 aromatic heterocycles. The summed E-state index contributed by atoms with van der Waals surface area (Å²) in [5.74, 6) is 0. The van der Waals surface area contributed by atoms with Crippen LogP contribution in [-0.4, -0.2) is 10.5 Å². The molecule has 0 nitrogen and oxygen atoms in total. The van der Waals surface area contributed by atoms with Crippen molar-refractivity contribution in [3.8, 4) is 0 Å². The van der Waals surface area contributed by atoms with E-state index in [2.05, 4.69) is 62.1 Å². The molecule has 2 rings (SSSR count). The summed E-state index contributed by atoms with van der Waals surface area (Å²) in [4.78, 5) is 0. The highest BCUT2D eigenvalue weighted by atomic mass is 32.2. The molecular formula is C14H18S. The Kier molecular flexibility index (Phi) is 3.53. The van der Waals surface area contributed by atoms with Crippen LogP contribution in [0.1, 0.15) is 26.7 Å². The van der Waals surface area contributed by atoms with Crippen LogP contribution in [0.4, 0.5) is 0 Å². The van der Waals surface area contributed by atoms with Crippen molar-refractivity contribution in [2.75, 3.05) is 0 Å². The van der Waals surface area contributed by atoms with E-state index in [1.807, 2.05) is 0 Å². The lowest BCUT2D eigenvalue weighted by atomic mass is 10.2. The standard InChI is InChI=1S/C14H18S/c1-11(13-7-3-4-8-13)15-12(2)14-9-5-6-10-14/h3,5,7-12H,4,6H2,1-2H3. The van der Waals surface area contributed by atoms with Gasteiger partial charge in [0.2, 0.25) is 0 Å². The number of hydrogen-bond donors (Lipinski definition) is 0. The van der Waals surface area contributed by atoms with E-state index in [1.54, 1.807) is 0 Å². The fourth-order valence-electron chi connectivity index (χ4n) is 2.02. The minimum Gasteiger partial charge on any atom is -0.146 e. The molecule has 0 amide bonds. The molecule has 0 fully saturated rings. The third-order valence-electron chi connectivity index (χ3n) is 2.95. The maximum Gasteiger partial charge on any atom is 0.0271 e. The van der Waals surface area contributed by atoms with Crippen LogP contribution >= 0.6 is 11.8 Å². The Hall–Kier alpha value is -0.690. The van der Waals surface area contributed by atoms with Gasteiger partial charge in [-0.05, 0) is 37.8 Å². The molecule has 0 aromatic rings. The number of rotatable bonds is 4. The van der Waals surface area contributed by atoms with E-state index in [-0.39, 0.29) is 0 Å². The van der Waals surface area contributed by atoms with Crippen LogP contribution in [-0.2, 0) is 0 Å². The predicted octanol–water partition coefficient (Wildman–Crippen LogP) is 4.27. The Morgan fingerprint density at radius 3 is 1.73 bits per heavy atom. The topological polar surface area (TPSA) is 0 Å². The van der Waals surface area contributed by atoms with Crippen LogP contribution in [0, 0.1) is 0 Å². The Morgan fingerprint density at radius 2 is 1.40 bits per heavy atom. The first-order valence-corrected chi connectivity index (χ1v) is 6.60. The highest BCUT2D eigenvalue weighted by Gasteiger charge is 2.15. The monoisotopic (exact) mass is 218 g/mol. The lowest BCUT2D eigenvalue weighted by Gasteiger charge is -2.17. The van der Waals surface area contributed by atoms with Crippen molar-refractivity contribution >= 4 is 11.8 Å². The van der Waals surface area contributed by atoms with E-state index in [1.165, 1.54) is 11.1 Å². The summed E-state index contributed by atoms with van der Waals surface area (Å²) in [6, 6.07) is 0. The SMILES string of the molecule is CC(SC(C)C1=CCC=C1)C1=CCC=C1. The van der Waals surface area contributed by atoms with Gasteiger partial charge in [-0.2, -0.15) is 0 Å². The van der Waals surface area contributed by atoms with Crippen molar-refractivity contribution in [2.24, 2.45) is 0 Å². The molecule has 0 saturated carbocycles. The average Bonchev–Trinajstić information content (AvgIpc) is 2.91. The summed E-state index contributed by atoms with van der Waals surface area (Å²) in [6.07, 6.45) is 15.9. The molecule has 0 spiro atoms. The van der Waals surface area contributed by atoms with Gasteiger partial charge in [0.15, 0.2) is 0 Å². The quantitative estimate of drug-likeness (QED) is 0.679. The van der Waals surface area contributed by atoms with E-state index >= 15 is 0 Å². The second-order valence-electron chi connectivity index (χ2n) is 4.10. The van der Waals surface area contributed by atoms with Crippen molar-refractivity contribution in [3.05, 3.63) is 47.6 Å².